The summed E-state index contributed by atoms with van der Waals surface area (Å²) < 4.78 is 5.16. The molecular weight excluding hydrogens is 270 g/mol. The van der Waals surface area contributed by atoms with Gasteiger partial charge in [0.2, 0.25) is 0 Å². The molecule has 0 atom stereocenters. The van der Waals surface area contributed by atoms with E-state index < -0.39 is 0 Å². The third-order valence-electron chi connectivity index (χ3n) is 3.64. The zero-order chi connectivity index (χ0) is 14.7. The van der Waals surface area contributed by atoms with E-state index in [4.69, 9.17) is 4.74 Å². The number of rotatable bonds is 3. The number of nitrogens with zero attached hydrogens (tertiary/aromatic N) is 4. The summed E-state index contributed by atoms with van der Waals surface area (Å²) in [5.41, 5.74) is 1.51. The van der Waals surface area contributed by atoms with E-state index >= 15 is 0 Å². The number of aromatic amines is 1. The van der Waals surface area contributed by atoms with Gasteiger partial charge in [-0.2, -0.15) is 15.4 Å². The molecule has 1 aliphatic rings. The van der Waals surface area contributed by atoms with Gasteiger partial charge in [-0.25, -0.2) is 0 Å². The van der Waals surface area contributed by atoms with Gasteiger partial charge in [-0.05, 0) is 24.3 Å². The Balaban J connectivity index is 1.60. The van der Waals surface area contributed by atoms with Gasteiger partial charge in [-0.1, -0.05) is 0 Å². The molecule has 1 amide bonds. The van der Waals surface area contributed by atoms with Gasteiger partial charge in [0.25, 0.3) is 5.91 Å². The third-order valence-corrected chi connectivity index (χ3v) is 3.64. The Labute approximate surface area is 122 Å². The molecule has 0 saturated carbocycles. The molecule has 3 rings (SSSR count). The number of benzene rings is 1. The van der Waals surface area contributed by atoms with E-state index in [0.717, 1.165) is 24.5 Å². The van der Waals surface area contributed by atoms with Crippen molar-refractivity contribution in [3.63, 3.8) is 0 Å². The first-order valence-corrected chi connectivity index (χ1v) is 6.82. The largest absolute Gasteiger partial charge is 0.497 e. The molecule has 1 aliphatic heterocycles. The number of carbonyl (C=O) groups excluding carboxylic acids is 1. The number of aromatic nitrogens is 3. The van der Waals surface area contributed by atoms with Crippen molar-refractivity contribution >= 4 is 11.6 Å². The van der Waals surface area contributed by atoms with E-state index in [1.54, 1.807) is 12.0 Å². The molecule has 0 aliphatic carbocycles. The third kappa shape index (κ3) is 2.81. The number of H-pyrrole nitrogens is 1. The molecule has 2 heterocycles. The lowest BCUT2D eigenvalue weighted by atomic mass is 10.2. The van der Waals surface area contributed by atoms with Gasteiger partial charge < -0.3 is 14.5 Å². The summed E-state index contributed by atoms with van der Waals surface area (Å²) in [5.74, 6) is 0.775. The molecule has 0 bridgehead atoms. The highest BCUT2D eigenvalue weighted by molar-refractivity contribution is 5.92. The van der Waals surface area contributed by atoms with E-state index in [2.05, 4.69) is 20.3 Å². The molecule has 21 heavy (non-hydrogen) atoms. The van der Waals surface area contributed by atoms with Crippen LogP contribution in [0.15, 0.2) is 30.5 Å². The van der Waals surface area contributed by atoms with Gasteiger partial charge in [0.05, 0.1) is 13.3 Å². The first-order chi connectivity index (χ1) is 10.3. The first-order valence-electron chi connectivity index (χ1n) is 6.82. The maximum Gasteiger partial charge on any atom is 0.276 e. The maximum absolute atomic E-state index is 12.2. The molecule has 110 valence electrons. The predicted octanol–water partition coefficient (Wildman–Crippen LogP) is 0.776. The van der Waals surface area contributed by atoms with Crippen LogP contribution in [0.5, 0.6) is 5.75 Å². The summed E-state index contributed by atoms with van der Waals surface area (Å²) in [6.07, 6.45) is 1.46. The van der Waals surface area contributed by atoms with Crippen LogP contribution in [0.2, 0.25) is 0 Å². The molecule has 1 aromatic carbocycles. The fourth-order valence-corrected chi connectivity index (χ4v) is 2.43. The quantitative estimate of drug-likeness (QED) is 0.903. The van der Waals surface area contributed by atoms with Crippen molar-refractivity contribution in [2.24, 2.45) is 0 Å². The molecule has 0 unspecified atom stereocenters. The first kappa shape index (κ1) is 13.4. The molecular formula is C14H17N5O2. The number of hydrogen-bond donors (Lipinski definition) is 1. The maximum atomic E-state index is 12.2. The summed E-state index contributed by atoms with van der Waals surface area (Å²) in [7, 11) is 1.66. The van der Waals surface area contributed by atoms with Crippen LogP contribution < -0.4 is 9.64 Å². The van der Waals surface area contributed by atoms with Crippen LogP contribution in [-0.2, 0) is 0 Å². The van der Waals surface area contributed by atoms with Crippen molar-refractivity contribution in [3.8, 4) is 5.75 Å². The van der Waals surface area contributed by atoms with E-state index in [0.29, 0.717) is 18.8 Å². The van der Waals surface area contributed by atoms with E-state index in [-0.39, 0.29) is 5.91 Å². The van der Waals surface area contributed by atoms with Crippen LogP contribution in [-0.4, -0.2) is 59.5 Å². The van der Waals surface area contributed by atoms with Crippen LogP contribution in [0.3, 0.4) is 0 Å². The summed E-state index contributed by atoms with van der Waals surface area (Å²) in [6.45, 7) is 2.96. The lowest BCUT2D eigenvalue weighted by Gasteiger charge is -2.35. The Morgan fingerprint density at radius 3 is 2.48 bits per heavy atom. The van der Waals surface area contributed by atoms with E-state index in [1.807, 2.05) is 24.3 Å². The number of amides is 1. The highest BCUT2D eigenvalue weighted by Gasteiger charge is 2.23. The van der Waals surface area contributed by atoms with Crippen LogP contribution in [0.4, 0.5) is 5.69 Å². The SMILES string of the molecule is COc1ccc(N2CCN(C(=O)c3cn[nH]n3)CC2)cc1. The second kappa shape index (κ2) is 5.82. The number of nitrogens with one attached hydrogen (secondary N) is 1. The highest BCUT2D eigenvalue weighted by atomic mass is 16.5. The number of methoxy groups -OCH3 is 1. The minimum atomic E-state index is -0.0712. The average molecular weight is 287 g/mol. The van der Waals surface area contributed by atoms with E-state index in [1.165, 1.54) is 6.20 Å². The standard InChI is InChI=1S/C14H17N5O2/c1-21-12-4-2-11(3-5-12)18-6-8-19(9-7-18)14(20)13-10-15-17-16-13/h2-5,10H,6-9H2,1H3,(H,15,16,17). The van der Waals surface area contributed by atoms with Crippen molar-refractivity contribution in [3.05, 3.63) is 36.2 Å². The Morgan fingerprint density at radius 1 is 1.19 bits per heavy atom. The monoisotopic (exact) mass is 287 g/mol. The minimum Gasteiger partial charge on any atom is -0.497 e. The molecule has 1 saturated heterocycles. The zero-order valence-electron chi connectivity index (χ0n) is 11.8. The Hall–Kier alpha value is -2.57. The van der Waals surface area contributed by atoms with Crippen LogP contribution in [0.25, 0.3) is 0 Å². The van der Waals surface area contributed by atoms with Crippen molar-refractivity contribution in [1.82, 2.24) is 20.3 Å². The fourth-order valence-electron chi connectivity index (χ4n) is 2.43. The van der Waals surface area contributed by atoms with Gasteiger partial charge in [0, 0.05) is 31.9 Å². The van der Waals surface area contributed by atoms with E-state index in [9.17, 15) is 4.79 Å². The van der Waals surface area contributed by atoms with Crippen molar-refractivity contribution in [1.29, 1.82) is 0 Å². The van der Waals surface area contributed by atoms with Crippen molar-refractivity contribution in [2.45, 2.75) is 0 Å². The van der Waals surface area contributed by atoms with Gasteiger partial charge in [-0.15, -0.1) is 0 Å². The highest BCUT2D eigenvalue weighted by Crippen LogP contribution is 2.20. The summed E-state index contributed by atoms with van der Waals surface area (Å²) in [4.78, 5) is 16.2. The van der Waals surface area contributed by atoms with Crippen LogP contribution in [0, 0.1) is 0 Å². The average Bonchev–Trinajstić information content (AvgIpc) is 3.09. The molecule has 1 fully saturated rings. The number of piperazine rings is 1. The second-order valence-corrected chi connectivity index (χ2v) is 4.83. The fraction of sp³-hybridized carbons (Fsp3) is 0.357. The Bertz CT molecular complexity index is 588. The zero-order valence-corrected chi connectivity index (χ0v) is 11.8. The van der Waals surface area contributed by atoms with Crippen LogP contribution >= 0.6 is 0 Å². The molecule has 7 nitrogen and oxygen atoms in total. The summed E-state index contributed by atoms with van der Waals surface area (Å²) in [5, 5.41) is 9.97. The topological polar surface area (TPSA) is 74.3 Å². The molecule has 1 N–H and O–H groups in total. The Morgan fingerprint density at radius 2 is 1.90 bits per heavy atom. The van der Waals surface area contributed by atoms with Crippen LogP contribution in [0.1, 0.15) is 10.5 Å². The number of anilines is 1. The molecule has 2 aromatic rings. The summed E-state index contributed by atoms with van der Waals surface area (Å²) >= 11 is 0. The van der Waals surface area contributed by atoms with Crippen molar-refractivity contribution in [2.75, 3.05) is 38.2 Å². The smallest absolute Gasteiger partial charge is 0.276 e. The minimum absolute atomic E-state index is 0.0712. The number of hydrogen-bond acceptors (Lipinski definition) is 5. The predicted molar refractivity (Wildman–Crippen MR) is 77.5 cm³/mol. The van der Waals surface area contributed by atoms with Gasteiger partial charge in [0.15, 0.2) is 5.69 Å². The molecule has 1 aromatic heterocycles. The normalized spacial score (nSPS) is 15.1. The molecule has 0 radical (unpaired) electrons. The molecule has 7 heteroatoms. The molecule has 0 spiro atoms. The lowest BCUT2D eigenvalue weighted by molar-refractivity contribution is 0.0741. The van der Waals surface area contributed by atoms with Crippen molar-refractivity contribution < 1.29 is 9.53 Å². The summed E-state index contributed by atoms with van der Waals surface area (Å²) in [6, 6.07) is 7.96. The van der Waals surface area contributed by atoms with Gasteiger partial charge >= 0.3 is 0 Å². The second-order valence-electron chi connectivity index (χ2n) is 4.83. The number of carbonyl (C=O) groups is 1. The van der Waals surface area contributed by atoms with Gasteiger partial charge in [0.1, 0.15) is 5.75 Å². The lowest BCUT2D eigenvalue weighted by Crippen LogP contribution is -2.48. The van der Waals surface area contributed by atoms with Gasteiger partial charge in [-0.3, -0.25) is 4.79 Å². The Kier molecular flexibility index (Phi) is 3.72. The number of ether oxygens (including phenoxy) is 1.